The summed E-state index contributed by atoms with van der Waals surface area (Å²) in [6, 6.07) is 5.45. The number of hydrogen-bond donors (Lipinski definition) is 1. The Hall–Kier alpha value is -0.450. The molecule has 4 heteroatoms. The van der Waals surface area contributed by atoms with E-state index < -0.39 is 0 Å². The summed E-state index contributed by atoms with van der Waals surface area (Å²) in [6.07, 6.45) is 1.12. The van der Waals surface area contributed by atoms with Crippen LogP contribution in [-0.4, -0.2) is 31.6 Å². The van der Waals surface area contributed by atoms with Gasteiger partial charge in [-0.2, -0.15) is 0 Å². The van der Waals surface area contributed by atoms with Crippen LogP contribution in [0.25, 0.3) is 0 Å². The molecule has 1 unspecified atom stereocenters. The topological polar surface area (TPSA) is 15.3 Å². The van der Waals surface area contributed by atoms with Gasteiger partial charge in [-0.05, 0) is 50.2 Å². The van der Waals surface area contributed by atoms with Crippen molar-refractivity contribution in [3.05, 3.63) is 34.1 Å². The number of nitrogens with one attached hydrogen (secondary N) is 1. The van der Waals surface area contributed by atoms with E-state index in [1.54, 1.807) is 6.07 Å². The van der Waals surface area contributed by atoms with Crippen molar-refractivity contribution in [1.29, 1.82) is 0 Å². The van der Waals surface area contributed by atoms with Crippen LogP contribution in [0, 0.1) is 11.7 Å². The maximum Gasteiger partial charge on any atom is 0.124 e. The first kappa shape index (κ1) is 16.6. The highest BCUT2D eigenvalue weighted by atomic mass is 79.9. The Labute approximate surface area is 124 Å². The lowest BCUT2D eigenvalue weighted by Gasteiger charge is -2.24. The Morgan fingerprint density at radius 3 is 2.47 bits per heavy atom. The molecule has 2 nitrogen and oxygen atoms in total. The summed E-state index contributed by atoms with van der Waals surface area (Å²) in [4.78, 5) is 2.18. The van der Waals surface area contributed by atoms with E-state index in [2.05, 4.69) is 54.1 Å². The third kappa shape index (κ3) is 7.04. The molecule has 108 valence electrons. The lowest BCUT2D eigenvalue weighted by Crippen LogP contribution is -2.38. The predicted molar refractivity (Wildman–Crippen MR) is 82.7 cm³/mol. The van der Waals surface area contributed by atoms with Crippen molar-refractivity contribution in [1.82, 2.24) is 10.2 Å². The van der Waals surface area contributed by atoms with E-state index in [9.17, 15) is 4.39 Å². The summed E-state index contributed by atoms with van der Waals surface area (Å²) in [5, 5.41) is 3.52. The molecule has 1 aromatic rings. The Morgan fingerprint density at radius 1 is 1.26 bits per heavy atom. The van der Waals surface area contributed by atoms with Crippen LogP contribution in [0.15, 0.2) is 22.7 Å². The molecule has 0 spiro atoms. The third-order valence-corrected chi connectivity index (χ3v) is 3.32. The molecule has 1 N–H and O–H groups in total. The standard InChI is InChI=1S/C15H24BrFN2/c1-11(2)5-15(10-19(3)4)18-9-12-6-13(16)8-14(17)7-12/h6-8,11,15,18H,5,9-10H2,1-4H3. The minimum Gasteiger partial charge on any atom is -0.309 e. The molecule has 19 heavy (non-hydrogen) atoms. The van der Waals surface area contributed by atoms with E-state index in [4.69, 9.17) is 0 Å². The van der Waals surface area contributed by atoms with E-state index in [1.807, 2.05) is 6.07 Å². The van der Waals surface area contributed by atoms with Crippen LogP contribution >= 0.6 is 15.9 Å². The summed E-state index contributed by atoms with van der Waals surface area (Å²) < 4.78 is 14.1. The van der Waals surface area contributed by atoms with Crippen LogP contribution in [0.4, 0.5) is 4.39 Å². The Bertz CT molecular complexity index is 363. The number of benzene rings is 1. The molecule has 0 bridgehead atoms. The fourth-order valence-electron chi connectivity index (χ4n) is 2.21. The van der Waals surface area contributed by atoms with Crippen molar-refractivity contribution in [3.63, 3.8) is 0 Å². The van der Waals surface area contributed by atoms with Gasteiger partial charge in [-0.1, -0.05) is 29.8 Å². The fourth-order valence-corrected chi connectivity index (χ4v) is 2.72. The second-order valence-electron chi connectivity index (χ2n) is 5.75. The van der Waals surface area contributed by atoms with Crippen LogP contribution in [0.5, 0.6) is 0 Å². The van der Waals surface area contributed by atoms with E-state index in [0.29, 0.717) is 18.5 Å². The molecule has 0 radical (unpaired) electrons. The fraction of sp³-hybridized carbons (Fsp3) is 0.600. The molecule has 0 amide bonds. The van der Waals surface area contributed by atoms with Crippen LogP contribution in [-0.2, 0) is 6.54 Å². The summed E-state index contributed by atoms with van der Waals surface area (Å²) in [5.41, 5.74) is 0.972. The second-order valence-corrected chi connectivity index (χ2v) is 6.66. The van der Waals surface area contributed by atoms with Crippen molar-refractivity contribution in [3.8, 4) is 0 Å². The molecule has 1 aromatic carbocycles. The molecule has 0 saturated carbocycles. The zero-order valence-corrected chi connectivity index (χ0v) is 13.8. The molecular formula is C15H24BrFN2. The van der Waals surface area contributed by atoms with Crippen LogP contribution in [0.1, 0.15) is 25.8 Å². The van der Waals surface area contributed by atoms with Gasteiger partial charge in [-0.15, -0.1) is 0 Å². The normalized spacial score (nSPS) is 13.3. The average molecular weight is 331 g/mol. The van der Waals surface area contributed by atoms with Gasteiger partial charge in [0.1, 0.15) is 5.82 Å². The van der Waals surface area contributed by atoms with Gasteiger partial charge in [0.2, 0.25) is 0 Å². The minimum atomic E-state index is -0.195. The van der Waals surface area contributed by atoms with Crippen molar-refractivity contribution >= 4 is 15.9 Å². The summed E-state index contributed by atoms with van der Waals surface area (Å²) in [5.74, 6) is 0.455. The molecular weight excluding hydrogens is 307 g/mol. The lowest BCUT2D eigenvalue weighted by atomic mass is 10.0. The Balaban J connectivity index is 2.59. The van der Waals surface area contributed by atoms with Gasteiger partial charge < -0.3 is 10.2 Å². The van der Waals surface area contributed by atoms with Crippen LogP contribution in [0.3, 0.4) is 0 Å². The van der Waals surface area contributed by atoms with Gasteiger partial charge in [0.25, 0.3) is 0 Å². The molecule has 0 aliphatic rings. The molecule has 0 aliphatic carbocycles. The summed E-state index contributed by atoms with van der Waals surface area (Å²) in [7, 11) is 4.15. The largest absolute Gasteiger partial charge is 0.309 e. The summed E-state index contributed by atoms with van der Waals surface area (Å²) >= 11 is 3.32. The molecule has 0 saturated heterocycles. The monoisotopic (exact) mass is 330 g/mol. The maximum absolute atomic E-state index is 13.3. The van der Waals surface area contributed by atoms with Gasteiger partial charge in [0.05, 0.1) is 0 Å². The van der Waals surface area contributed by atoms with Crippen LogP contribution < -0.4 is 5.32 Å². The highest BCUT2D eigenvalue weighted by molar-refractivity contribution is 9.10. The second kappa shape index (κ2) is 7.98. The van der Waals surface area contributed by atoms with Crippen molar-refractivity contribution in [2.75, 3.05) is 20.6 Å². The number of halogens is 2. The molecule has 1 rings (SSSR count). The lowest BCUT2D eigenvalue weighted by molar-refractivity contribution is 0.305. The molecule has 0 aliphatic heterocycles. The first-order valence-electron chi connectivity index (χ1n) is 6.70. The zero-order valence-electron chi connectivity index (χ0n) is 12.2. The minimum absolute atomic E-state index is 0.195. The third-order valence-electron chi connectivity index (χ3n) is 2.86. The number of rotatable bonds is 7. The maximum atomic E-state index is 13.3. The average Bonchev–Trinajstić information content (AvgIpc) is 2.23. The van der Waals surface area contributed by atoms with Gasteiger partial charge in [-0.3, -0.25) is 0 Å². The van der Waals surface area contributed by atoms with Crippen LogP contribution in [0.2, 0.25) is 0 Å². The highest BCUT2D eigenvalue weighted by Crippen LogP contribution is 2.15. The first-order valence-corrected chi connectivity index (χ1v) is 7.49. The smallest absolute Gasteiger partial charge is 0.124 e. The molecule has 0 aromatic heterocycles. The number of nitrogens with zero attached hydrogens (tertiary/aromatic N) is 1. The van der Waals surface area contributed by atoms with Crippen molar-refractivity contribution < 1.29 is 4.39 Å². The van der Waals surface area contributed by atoms with Crippen molar-refractivity contribution in [2.45, 2.75) is 32.9 Å². The van der Waals surface area contributed by atoms with Crippen molar-refractivity contribution in [2.24, 2.45) is 5.92 Å². The van der Waals surface area contributed by atoms with Gasteiger partial charge in [-0.25, -0.2) is 4.39 Å². The highest BCUT2D eigenvalue weighted by Gasteiger charge is 2.11. The Kier molecular flexibility index (Phi) is 6.97. The first-order chi connectivity index (χ1) is 8.86. The van der Waals surface area contributed by atoms with E-state index in [0.717, 1.165) is 23.0 Å². The summed E-state index contributed by atoms with van der Waals surface area (Å²) in [6.45, 7) is 6.14. The SMILES string of the molecule is CC(C)CC(CN(C)C)NCc1cc(F)cc(Br)c1. The quantitative estimate of drug-likeness (QED) is 0.820. The van der Waals surface area contributed by atoms with E-state index in [1.165, 1.54) is 6.07 Å². The number of hydrogen-bond acceptors (Lipinski definition) is 2. The van der Waals surface area contributed by atoms with E-state index in [-0.39, 0.29) is 5.82 Å². The van der Waals surface area contributed by atoms with Gasteiger partial charge in [0, 0.05) is 23.6 Å². The Morgan fingerprint density at radius 2 is 1.95 bits per heavy atom. The zero-order chi connectivity index (χ0) is 14.4. The molecule has 0 heterocycles. The molecule has 1 atom stereocenters. The van der Waals surface area contributed by atoms with E-state index >= 15 is 0 Å². The van der Waals surface area contributed by atoms with Gasteiger partial charge >= 0.3 is 0 Å². The van der Waals surface area contributed by atoms with Gasteiger partial charge in [0.15, 0.2) is 0 Å². The predicted octanol–water partition coefficient (Wildman–Crippen LogP) is 3.65. The molecule has 0 fully saturated rings. The number of likely N-dealkylation sites (N-methyl/N-ethyl adjacent to an activating group) is 1.